The van der Waals surface area contributed by atoms with Gasteiger partial charge in [-0.3, -0.25) is 4.90 Å². The zero-order valence-corrected chi connectivity index (χ0v) is 15.6. The fourth-order valence-electron chi connectivity index (χ4n) is 3.71. The average Bonchev–Trinajstić information content (AvgIpc) is 3.01. The number of carbonyl (C=O) groups is 2. The summed E-state index contributed by atoms with van der Waals surface area (Å²) in [4.78, 5) is 27.6. The minimum Gasteiger partial charge on any atom is -0.466 e. The van der Waals surface area contributed by atoms with Crippen molar-refractivity contribution >= 4 is 17.7 Å². The predicted molar refractivity (Wildman–Crippen MR) is 101 cm³/mol. The monoisotopic (exact) mass is 375 g/mol. The number of nitrogens with zero attached hydrogens (tertiary/aromatic N) is 2. The molecule has 146 valence electrons. The van der Waals surface area contributed by atoms with Gasteiger partial charge >= 0.3 is 12.0 Å². The third kappa shape index (κ3) is 4.66. The molecule has 3 rings (SSSR count). The number of hydrogen-bond acceptors (Lipinski definition) is 4. The minimum atomic E-state index is -0.468. The SMILES string of the molecule is COC(=O)C=CC1CN(c2ccccc2F)C(=O)N1CCC1CCNCC1. The van der Waals surface area contributed by atoms with Crippen LogP contribution in [0.5, 0.6) is 0 Å². The lowest BCUT2D eigenvalue weighted by Crippen LogP contribution is -2.37. The number of carbonyl (C=O) groups excluding carboxylic acids is 2. The summed E-state index contributed by atoms with van der Waals surface area (Å²) in [5.41, 5.74) is 0.267. The zero-order chi connectivity index (χ0) is 19.2. The van der Waals surface area contributed by atoms with E-state index in [0.717, 1.165) is 32.4 Å². The molecule has 2 aliphatic rings. The van der Waals surface area contributed by atoms with Crippen molar-refractivity contribution in [3.05, 3.63) is 42.2 Å². The van der Waals surface area contributed by atoms with Gasteiger partial charge < -0.3 is 15.0 Å². The number of esters is 1. The number of amides is 2. The molecule has 27 heavy (non-hydrogen) atoms. The number of para-hydroxylation sites is 1. The summed E-state index contributed by atoms with van der Waals surface area (Å²) >= 11 is 0. The topological polar surface area (TPSA) is 61.9 Å². The molecule has 0 radical (unpaired) electrons. The lowest BCUT2D eigenvalue weighted by Gasteiger charge is -2.27. The number of urea groups is 1. The molecule has 7 heteroatoms. The van der Waals surface area contributed by atoms with Gasteiger partial charge in [0.05, 0.1) is 25.4 Å². The van der Waals surface area contributed by atoms with E-state index in [4.69, 9.17) is 0 Å². The Bertz CT molecular complexity index is 703. The first-order valence-electron chi connectivity index (χ1n) is 9.39. The van der Waals surface area contributed by atoms with E-state index in [0.29, 0.717) is 19.0 Å². The number of anilines is 1. The van der Waals surface area contributed by atoms with E-state index in [9.17, 15) is 14.0 Å². The lowest BCUT2D eigenvalue weighted by molar-refractivity contribution is -0.134. The molecule has 1 aromatic carbocycles. The van der Waals surface area contributed by atoms with Gasteiger partial charge in [-0.25, -0.2) is 14.0 Å². The van der Waals surface area contributed by atoms with E-state index >= 15 is 0 Å². The van der Waals surface area contributed by atoms with E-state index in [2.05, 4.69) is 10.1 Å². The van der Waals surface area contributed by atoms with Gasteiger partial charge in [0, 0.05) is 12.6 Å². The molecular weight excluding hydrogens is 349 g/mol. The smallest absolute Gasteiger partial charge is 0.330 e. The number of methoxy groups -OCH3 is 1. The van der Waals surface area contributed by atoms with Crippen LogP contribution in [0.25, 0.3) is 0 Å². The second kappa shape index (κ2) is 8.99. The Morgan fingerprint density at radius 3 is 2.78 bits per heavy atom. The van der Waals surface area contributed by atoms with Crippen LogP contribution < -0.4 is 10.2 Å². The Morgan fingerprint density at radius 2 is 2.07 bits per heavy atom. The van der Waals surface area contributed by atoms with Crippen LogP contribution in [-0.4, -0.2) is 56.2 Å². The molecule has 2 saturated heterocycles. The minimum absolute atomic E-state index is 0.228. The molecule has 0 aromatic heterocycles. The van der Waals surface area contributed by atoms with Gasteiger partial charge in [-0.15, -0.1) is 0 Å². The zero-order valence-electron chi connectivity index (χ0n) is 15.6. The molecule has 0 aliphatic carbocycles. The fourth-order valence-corrected chi connectivity index (χ4v) is 3.71. The van der Waals surface area contributed by atoms with Crippen molar-refractivity contribution < 1.29 is 18.7 Å². The summed E-state index contributed by atoms with van der Waals surface area (Å²) in [6.45, 7) is 2.90. The highest BCUT2D eigenvalue weighted by Crippen LogP contribution is 2.28. The van der Waals surface area contributed by atoms with Crippen molar-refractivity contribution in [1.29, 1.82) is 0 Å². The van der Waals surface area contributed by atoms with Crippen molar-refractivity contribution in [2.45, 2.75) is 25.3 Å². The van der Waals surface area contributed by atoms with Gasteiger partial charge in [-0.1, -0.05) is 18.2 Å². The van der Waals surface area contributed by atoms with Gasteiger partial charge in [0.25, 0.3) is 0 Å². The molecule has 1 N–H and O–H groups in total. The largest absolute Gasteiger partial charge is 0.466 e. The van der Waals surface area contributed by atoms with Gasteiger partial charge in [0.1, 0.15) is 5.82 Å². The first kappa shape index (κ1) is 19.4. The number of hydrogen-bond donors (Lipinski definition) is 1. The van der Waals surface area contributed by atoms with Crippen LogP contribution >= 0.6 is 0 Å². The Labute approximate surface area is 159 Å². The maximum atomic E-state index is 14.2. The highest BCUT2D eigenvalue weighted by Gasteiger charge is 2.37. The maximum absolute atomic E-state index is 14.2. The number of rotatable bonds is 6. The standard InChI is InChI=1S/C20H26FN3O3/c1-27-19(25)7-6-16-14-24(18-5-3-2-4-17(18)21)20(26)23(16)13-10-15-8-11-22-12-9-15/h2-7,15-16,22H,8-14H2,1H3. The first-order valence-corrected chi connectivity index (χ1v) is 9.39. The summed E-state index contributed by atoms with van der Waals surface area (Å²) < 4.78 is 18.9. The summed E-state index contributed by atoms with van der Waals surface area (Å²) in [5, 5.41) is 3.34. The third-order valence-electron chi connectivity index (χ3n) is 5.28. The van der Waals surface area contributed by atoms with Crippen molar-refractivity contribution in [2.75, 3.05) is 38.2 Å². The first-order chi connectivity index (χ1) is 13.1. The Hall–Kier alpha value is -2.41. The van der Waals surface area contributed by atoms with E-state index in [1.165, 1.54) is 24.2 Å². The van der Waals surface area contributed by atoms with Crippen LogP contribution in [0.2, 0.25) is 0 Å². The number of piperidine rings is 1. The maximum Gasteiger partial charge on any atom is 0.330 e. The molecule has 2 amide bonds. The van der Waals surface area contributed by atoms with E-state index < -0.39 is 11.8 Å². The van der Waals surface area contributed by atoms with Crippen molar-refractivity contribution in [1.82, 2.24) is 10.2 Å². The second-order valence-corrected chi connectivity index (χ2v) is 6.97. The number of ether oxygens (including phenoxy) is 1. The summed E-state index contributed by atoms with van der Waals surface area (Å²) in [6.07, 6.45) is 6.11. The van der Waals surface area contributed by atoms with Gasteiger partial charge in [-0.05, 0) is 50.4 Å². The molecule has 2 fully saturated rings. The van der Waals surface area contributed by atoms with Crippen LogP contribution in [0.3, 0.4) is 0 Å². The van der Waals surface area contributed by atoms with Gasteiger partial charge in [-0.2, -0.15) is 0 Å². The Morgan fingerprint density at radius 1 is 1.33 bits per heavy atom. The number of benzene rings is 1. The molecule has 1 unspecified atom stereocenters. The third-order valence-corrected chi connectivity index (χ3v) is 5.28. The Balaban J connectivity index is 1.75. The molecule has 1 aromatic rings. The van der Waals surface area contributed by atoms with Crippen LogP contribution in [-0.2, 0) is 9.53 Å². The number of nitrogens with one attached hydrogen (secondary N) is 1. The van der Waals surface area contributed by atoms with E-state index in [1.54, 1.807) is 29.2 Å². The van der Waals surface area contributed by atoms with Gasteiger partial charge in [0.2, 0.25) is 0 Å². The van der Waals surface area contributed by atoms with Gasteiger partial charge in [0.15, 0.2) is 0 Å². The highest BCUT2D eigenvalue weighted by atomic mass is 19.1. The summed E-state index contributed by atoms with van der Waals surface area (Å²) in [5.74, 6) is -0.321. The van der Waals surface area contributed by atoms with Crippen LogP contribution in [0, 0.1) is 11.7 Å². The van der Waals surface area contributed by atoms with Crippen molar-refractivity contribution in [3.8, 4) is 0 Å². The molecule has 0 spiro atoms. The molecular formula is C20H26FN3O3. The van der Waals surface area contributed by atoms with Crippen molar-refractivity contribution in [3.63, 3.8) is 0 Å². The second-order valence-electron chi connectivity index (χ2n) is 6.97. The molecule has 2 aliphatic heterocycles. The lowest BCUT2D eigenvalue weighted by atomic mass is 9.94. The average molecular weight is 375 g/mol. The van der Waals surface area contributed by atoms with Crippen LogP contribution in [0.4, 0.5) is 14.9 Å². The normalized spacial score (nSPS) is 21.3. The number of halogens is 1. The fraction of sp³-hybridized carbons (Fsp3) is 0.500. The van der Waals surface area contributed by atoms with E-state index in [1.807, 2.05) is 0 Å². The molecule has 0 bridgehead atoms. The van der Waals surface area contributed by atoms with Crippen LogP contribution in [0.15, 0.2) is 36.4 Å². The van der Waals surface area contributed by atoms with Crippen LogP contribution in [0.1, 0.15) is 19.3 Å². The highest BCUT2D eigenvalue weighted by molar-refractivity contribution is 5.95. The van der Waals surface area contributed by atoms with Crippen molar-refractivity contribution in [2.24, 2.45) is 5.92 Å². The molecule has 1 atom stereocenters. The molecule has 6 nitrogen and oxygen atoms in total. The molecule has 2 heterocycles. The summed E-state index contributed by atoms with van der Waals surface area (Å²) in [7, 11) is 1.31. The summed E-state index contributed by atoms with van der Waals surface area (Å²) in [6, 6.07) is 5.74. The predicted octanol–water partition coefficient (Wildman–Crippen LogP) is 2.56. The van der Waals surface area contributed by atoms with E-state index in [-0.39, 0.29) is 17.8 Å². The quantitative estimate of drug-likeness (QED) is 0.613. The Kier molecular flexibility index (Phi) is 6.45. The molecule has 0 saturated carbocycles.